The van der Waals surface area contributed by atoms with Gasteiger partial charge in [-0.1, -0.05) is 6.42 Å². The summed E-state index contributed by atoms with van der Waals surface area (Å²) in [5.41, 5.74) is 0.896. The molecule has 0 saturated heterocycles. The molecule has 86 valence electrons. The maximum Gasteiger partial charge on any atom is 0.165 e. The minimum Gasteiger partial charge on any atom is -0.294 e. The van der Waals surface area contributed by atoms with Gasteiger partial charge in [0.15, 0.2) is 5.78 Å². The van der Waals surface area contributed by atoms with Crippen molar-refractivity contribution in [1.29, 1.82) is 0 Å². The van der Waals surface area contributed by atoms with E-state index in [4.69, 9.17) is 0 Å². The van der Waals surface area contributed by atoms with Crippen molar-refractivity contribution in [3.63, 3.8) is 0 Å². The molecule has 3 atom stereocenters. The maximum atomic E-state index is 12.1. The van der Waals surface area contributed by atoms with Crippen LogP contribution in [0.25, 0.3) is 0 Å². The first-order chi connectivity index (χ1) is 7.74. The van der Waals surface area contributed by atoms with Crippen molar-refractivity contribution < 1.29 is 4.79 Å². The van der Waals surface area contributed by atoms with E-state index < -0.39 is 0 Å². The summed E-state index contributed by atoms with van der Waals surface area (Å²) in [6.45, 7) is 0. The minimum absolute atomic E-state index is 0.339. The number of hydrogen-bond donors (Lipinski definition) is 0. The molecule has 1 aromatic heterocycles. The van der Waals surface area contributed by atoms with Gasteiger partial charge < -0.3 is 0 Å². The van der Waals surface area contributed by atoms with Crippen LogP contribution in [0.3, 0.4) is 0 Å². The van der Waals surface area contributed by atoms with Crippen LogP contribution in [0.5, 0.6) is 0 Å². The molecule has 2 aliphatic carbocycles. The van der Waals surface area contributed by atoms with Crippen LogP contribution in [-0.2, 0) is 0 Å². The Hall–Kier alpha value is -0.150. The molecule has 16 heavy (non-hydrogen) atoms. The maximum absolute atomic E-state index is 12.1. The van der Waals surface area contributed by atoms with E-state index in [9.17, 15) is 4.79 Å². The molecule has 0 radical (unpaired) electrons. The van der Waals surface area contributed by atoms with E-state index in [-0.39, 0.29) is 0 Å². The summed E-state index contributed by atoms with van der Waals surface area (Å²) >= 11 is 5.05. The fourth-order valence-electron chi connectivity index (χ4n) is 3.46. The fraction of sp³-hybridized carbons (Fsp3) is 0.615. The molecule has 1 nitrogen and oxygen atoms in total. The average molecular weight is 299 g/mol. The number of carbonyl (C=O) groups excluding carboxylic acids is 1. The van der Waals surface area contributed by atoms with Crippen LogP contribution in [0.4, 0.5) is 0 Å². The van der Waals surface area contributed by atoms with Crippen LogP contribution in [0.2, 0.25) is 0 Å². The quantitative estimate of drug-likeness (QED) is 0.750. The third-order valence-electron chi connectivity index (χ3n) is 4.25. The van der Waals surface area contributed by atoms with Crippen molar-refractivity contribution in [1.82, 2.24) is 0 Å². The Morgan fingerprint density at radius 1 is 1.38 bits per heavy atom. The molecule has 0 amide bonds. The SMILES string of the molecule is O=C(CC1CC2CCC1C2)c1cscc1Br. The first-order valence-corrected chi connectivity index (χ1v) is 7.72. The number of thiophene rings is 1. The van der Waals surface area contributed by atoms with Gasteiger partial charge in [-0.2, -0.15) is 11.3 Å². The molecule has 2 saturated carbocycles. The molecule has 0 aliphatic heterocycles. The average Bonchev–Trinajstić information content (AvgIpc) is 2.92. The first-order valence-electron chi connectivity index (χ1n) is 5.99. The number of ketones is 1. The molecular weight excluding hydrogens is 284 g/mol. The molecule has 2 bridgehead atoms. The van der Waals surface area contributed by atoms with E-state index in [0.717, 1.165) is 28.3 Å². The van der Waals surface area contributed by atoms with Gasteiger partial charge in [0.05, 0.1) is 0 Å². The second-order valence-corrected chi connectivity index (χ2v) is 6.79. The van der Waals surface area contributed by atoms with Crippen LogP contribution in [0.15, 0.2) is 15.2 Å². The molecule has 2 fully saturated rings. The van der Waals surface area contributed by atoms with Crippen molar-refractivity contribution >= 4 is 33.0 Å². The molecule has 0 spiro atoms. The Balaban J connectivity index is 1.67. The lowest BCUT2D eigenvalue weighted by Gasteiger charge is -2.20. The summed E-state index contributed by atoms with van der Waals surface area (Å²) < 4.78 is 0.977. The highest BCUT2D eigenvalue weighted by atomic mass is 79.9. The minimum atomic E-state index is 0.339. The zero-order chi connectivity index (χ0) is 11.1. The predicted octanol–water partition coefficient (Wildman–Crippen LogP) is 4.52. The second-order valence-electron chi connectivity index (χ2n) is 5.20. The van der Waals surface area contributed by atoms with Gasteiger partial charge in [0.1, 0.15) is 0 Å². The van der Waals surface area contributed by atoms with Crippen LogP contribution in [0.1, 0.15) is 42.5 Å². The third kappa shape index (κ3) is 1.88. The summed E-state index contributed by atoms with van der Waals surface area (Å²) in [4.78, 5) is 12.1. The highest BCUT2D eigenvalue weighted by molar-refractivity contribution is 9.10. The van der Waals surface area contributed by atoms with Crippen molar-refractivity contribution in [3.05, 3.63) is 20.8 Å². The van der Waals surface area contributed by atoms with Gasteiger partial charge in [0.2, 0.25) is 0 Å². The third-order valence-corrected chi connectivity index (χ3v) is 5.95. The lowest BCUT2D eigenvalue weighted by Crippen LogP contribution is -2.15. The Bertz CT molecular complexity index is 412. The zero-order valence-electron chi connectivity index (χ0n) is 9.12. The van der Waals surface area contributed by atoms with Gasteiger partial charge >= 0.3 is 0 Å². The Morgan fingerprint density at radius 2 is 2.25 bits per heavy atom. The van der Waals surface area contributed by atoms with Crippen molar-refractivity contribution in [2.75, 3.05) is 0 Å². The van der Waals surface area contributed by atoms with E-state index in [0.29, 0.717) is 11.7 Å². The monoisotopic (exact) mass is 298 g/mol. The van der Waals surface area contributed by atoms with Crippen LogP contribution < -0.4 is 0 Å². The summed E-state index contributed by atoms with van der Waals surface area (Å²) in [7, 11) is 0. The topological polar surface area (TPSA) is 17.1 Å². The Kier molecular flexibility index (Phi) is 2.92. The lowest BCUT2D eigenvalue weighted by atomic mass is 9.84. The lowest BCUT2D eigenvalue weighted by molar-refractivity contribution is 0.0944. The molecular formula is C13H15BrOS. The summed E-state index contributed by atoms with van der Waals surface area (Å²) in [5.74, 6) is 2.81. The standard InChI is InChI=1S/C13H15BrOS/c14-12-7-16-6-11(12)13(15)5-10-4-8-1-2-9(10)3-8/h6-10H,1-5H2. The predicted molar refractivity (Wildman–Crippen MR) is 69.9 cm³/mol. The molecule has 0 N–H and O–H groups in total. The zero-order valence-corrected chi connectivity index (χ0v) is 11.5. The highest BCUT2D eigenvalue weighted by Gasteiger charge is 2.40. The Labute approximate surface area is 108 Å². The summed E-state index contributed by atoms with van der Waals surface area (Å²) in [6.07, 6.45) is 6.25. The largest absolute Gasteiger partial charge is 0.294 e. The van der Waals surface area contributed by atoms with Crippen molar-refractivity contribution in [2.45, 2.75) is 32.1 Å². The number of fused-ring (bicyclic) bond motifs is 2. The normalized spacial score (nSPS) is 32.2. The van der Waals surface area contributed by atoms with Gasteiger partial charge in [-0.3, -0.25) is 4.79 Å². The van der Waals surface area contributed by atoms with Gasteiger partial charge in [0, 0.05) is 27.2 Å². The fourth-order valence-corrected chi connectivity index (χ4v) is 4.97. The number of carbonyl (C=O) groups is 1. The van der Waals surface area contributed by atoms with E-state index in [2.05, 4.69) is 15.9 Å². The molecule has 3 rings (SSSR count). The van der Waals surface area contributed by atoms with Crippen LogP contribution in [-0.4, -0.2) is 5.78 Å². The van der Waals surface area contributed by atoms with Gasteiger partial charge in [-0.25, -0.2) is 0 Å². The van der Waals surface area contributed by atoms with Crippen LogP contribution in [0, 0.1) is 17.8 Å². The smallest absolute Gasteiger partial charge is 0.165 e. The second kappa shape index (κ2) is 4.26. The molecule has 0 aromatic carbocycles. The van der Waals surface area contributed by atoms with Crippen LogP contribution >= 0.6 is 27.3 Å². The number of halogens is 1. The van der Waals surface area contributed by atoms with E-state index in [1.807, 2.05) is 10.8 Å². The van der Waals surface area contributed by atoms with E-state index in [1.54, 1.807) is 11.3 Å². The molecule has 3 unspecified atom stereocenters. The van der Waals surface area contributed by atoms with Crippen molar-refractivity contribution in [3.8, 4) is 0 Å². The van der Waals surface area contributed by atoms with Crippen molar-refractivity contribution in [2.24, 2.45) is 17.8 Å². The van der Waals surface area contributed by atoms with E-state index in [1.165, 1.54) is 25.7 Å². The van der Waals surface area contributed by atoms with E-state index >= 15 is 0 Å². The molecule has 2 aliphatic rings. The number of Topliss-reactive ketones (excluding diaryl/α,β-unsaturated/α-hetero) is 1. The van der Waals surface area contributed by atoms with Gasteiger partial charge in [-0.05, 0) is 52.9 Å². The number of rotatable bonds is 3. The van der Waals surface area contributed by atoms with Gasteiger partial charge in [-0.15, -0.1) is 0 Å². The summed E-state index contributed by atoms with van der Waals surface area (Å²) in [6, 6.07) is 0. The first kappa shape index (κ1) is 11.0. The molecule has 1 heterocycles. The Morgan fingerprint density at radius 3 is 2.81 bits per heavy atom. The van der Waals surface area contributed by atoms with Gasteiger partial charge in [0.25, 0.3) is 0 Å². The molecule has 3 heteroatoms. The molecule has 1 aromatic rings. The highest BCUT2D eigenvalue weighted by Crippen LogP contribution is 2.49. The summed E-state index contributed by atoms with van der Waals surface area (Å²) in [5, 5.41) is 3.97. The number of hydrogen-bond acceptors (Lipinski definition) is 2.